The first-order chi connectivity index (χ1) is 23.1. The Morgan fingerprint density at radius 2 is 1.90 bits per heavy atom. The van der Waals surface area contributed by atoms with Gasteiger partial charge >= 0.3 is 0 Å². The van der Waals surface area contributed by atoms with Gasteiger partial charge in [-0.25, -0.2) is 15.0 Å². The number of ketones is 1. The van der Waals surface area contributed by atoms with Gasteiger partial charge in [0.1, 0.15) is 34.5 Å². The van der Waals surface area contributed by atoms with Crippen molar-refractivity contribution in [2.24, 2.45) is 5.92 Å². The molecule has 5 aromatic rings. The number of aromatic nitrogens is 8. The molecule has 1 fully saturated rings. The van der Waals surface area contributed by atoms with Crippen molar-refractivity contribution in [3.63, 3.8) is 0 Å². The molecule has 4 bridgehead atoms. The van der Waals surface area contributed by atoms with Crippen LogP contribution in [0.15, 0.2) is 58.0 Å². The first-order valence-corrected chi connectivity index (χ1v) is 16.4. The number of nitrogens with zero attached hydrogens (tertiary/aromatic N) is 9. The minimum atomic E-state index is -0.782. The lowest BCUT2D eigenvalue weighted by atomic mass is 9.98. The van der Waals surface area contributed by atoms with Crippen LogP contribution >= 0.6 is 15.9 Å². The third-order valence-electron chi connectivity index (χ3n) is 8.76. The lowest BCUT2D eigenvalue weighted by Gasteiger charge is -2.28. The highest BCUT2D eigenvalue weighted by Crippen LogP contribution is 2.34. The highest BCUT2D eigenvalue weighted by atomic mass is 79.9. The van der Waals surface area contributed by atoms with E-state index in [4.69, 9.17) is 4.42 Å². The molecule has 7 rings (SSSR count). The van der Waals surface area contributed by atoms with Gasteiger partial charge in [0.25, 0.3) is 0 Å². The topological polar surface area (TPSA) is 175 Å². The summed E-state index contributed by atoms with van der Waals surface area (Å²) in [5.41, 5.74) is 2.71. The molecular weight excluding hydrogens is 680 g/mol. The van der Waals surface area contributed by atoms with E-state index in [0.29, 0.717) is 75.0 Å². The number of allylic oxidation sites excluding steroid dienone is 1. The zero-order chi connectivity index (χ0) is 33.5. The fourth-order valence-electron chi connectivity index (χ4n) is 6.29. The number of Topliss-reactive ketones (excluding diaryl/α,β-unsaturated/α-hetero) is 1. The van der Waals surface area contributed by atoms with Crippen molar-refractivity contribution < 1.29 is 18.8 Å². The van der Waals surface area contributed by atoms with E-state index in [9.17, 15) is 14.4 Å². The van der Waals surface area contributed by atoms with Crippen molar-refractivity contribution >= 4 is 50.2 Å². The molecule has 0 aliphatic carbocycles. The van der Waals surface area contributed by atoms with Gasteiger partial charge in [0.15, 0.2) is 5.78 Å². The normalized spacial score (nSPS) is 19.5. The Morgan fingerprint density at radius 1 is 1.10 bits per heavy atom. The molecule has 0 radical (unpaired) electrons. The summed E-state index contributed by atoms with van der Waals surface area (Å²) in [6.45, 7) is 4.97. The Morgan fingerprint density at radius 3 is 2.69 bits per heavy atom. The Balaban J connectivity index is 1.21. The molecule has 2 aliphatic heterocycles. The van der Waals surface area contributed by atoms with Gasteiger partial charge in [-0.05, 0) is 60.7 Å². The number of likely N-dealkylation sites (tertiary alicyclic amines) is 1. The summed E-state index contributed by atoms with van der Waals surface area (Å²) in [7, 11) is 0. The summed E-state index contributed by atoms with van der Waals surface area (Å²) in [4.78, 5) is 60.1. The summed E-state index contributed by atoms with van der Waals surface area (Å²) in [6, 6.07) is 4.29. The molecule has 1 saturated heterocycles. The van der Waals surface area contributed by atoms with E-state index in [-0.39, 0.29) is 48.2 Å². The smallest absolute Gasteiger partial charge is 0.248 e. The Kier molecular flexibility index (Phi) is 8.37. The maximum atomic E-state index is 14.2. The average molecular weight is 712 g/mol. The van der Waals surface area contributed by atoms with Gasteiger partial charge in [0.2, 0.25) is 23.6 Å². The van der Waals surface area contributed by atoms with Crippen LogP contribution in [-0.2, 0) is 29.0 Å². The highest BCUT2D eigenvalue weighted by molar-refractivity contribution is 9.10. The van der Waals surface area contributed by atoms with Crippen LogP contribution in [0.4, 0.5) is 5.82 Å². The summed E-state index contributed by atoms with van der Waals surface area (Å²) in [5, 5.41) is 16.4. The fraction of sp³-hybridized carbons (Fsp3) is 0.333. The molecule has 0 aromatic carbocycles. The van der Waals surface area contributed by atoms with E-state index in [1.165, 1.54) is 11.6 Å². The van der Waals surface area contributed by atoms with E-state index in [2.05, 4.69) is 62.6 Å². The van der Waals surface area contributed by atoms with Crippen molar-refractivity contribution in [1.29, 1.82) is 0 Å². The van der Waals surface area contributed by atoms with E-state index < -0.39 is 6.04 Å². The molecule has 2 amide bonds. The van der Waals surface area contributed by atoms with Crippen LogP contribution in [0, 0.1) is 12.8 Å². The van der Waals surface area contributed by atoms with Crippen LogP contribution < -0.4 is 5.32 Å². The Labute approximate surface area is 283 Å². The second kappa shape index (κ2) is 12.8. The maximum absolute atomic E-state index is 14.2. The molecular formula is C33H31BrN10O4. The predicted molar refractivity (Wildman–Crippen MR) is 177 cm³/mol. The molecule has 0 saturated carbocycles. The monoisotopic (exact) mass is 710 g/mol. The predicted octanol–water partition coefficient (Wildman–Crippen LogP) is 4.28. The Bertz CT molecular complexity index is 2090. The number of halogens is 1. The zero-order valence-electron chi connectivity index (χ0n) is 26.4. The van der Waals surface area contributed by atoms with Gasteiger partial charge in [-0.2, -0.15) is 5.10 Å². The third-order valence-corrected chi connectivity index (χ3v) is 9.20. The van der Waals surface area contributed by atoms with Crippen LogP contribution in [0.1, 0.15) is 60.3 Å². The maximum Gasteiger partial charge on any atom is 0.248 e. The number of anilines is 1. The number of hydrogen-bond donors (Lipinski definition) is 1. The van der Waals surface area contributed by atoms with Crippen molar-refractivity contribution in [1.82, 2.24) is 44.8 Å². The number of hydrogen-bond acceptors (Lipinski definition) is 11. The minimum Gasteiger partial charge on any atom is -0.425 e. The second-order valence-corrected chi connectivity index (χ2v) is 12.8. The molecule has 7 heterocycles. The van der Waals surface area contributed by atoms with E-state index in [1.54, 1.807) is 42.5 Å². The van der Waals surface area contributed by atoms with Crippen LogP contribution in [0.5, 0.6) is 0 Å². The molecule has 244 valence electrons. The molecule has 2 aliphatic rings. The number of rotatable bonds is 4. The molecule has 3 atom stereocenters. The van der Waals surface area contributed by atoms with Crippen LogP contribution in [-0.4, -0.2) is 74.5 Å². The summed E-state index contributed by atoms with van der Waals surface area (Å²) in [6.07, 6.45) is 10.9. The molecule has 0 unspecified atom stereocenters. The molecule has 0 spiro atoms. The lowest BCUT2D eigenvalue weighted by molar-refractivity contribution is -0.139. The number of amides is 2. The second-order valence-electron chi connectivity index (χ2n) is 12.0. The quantitative estimate of drug-likeness (QED) is 0.160. The number of carbonyl (C=O) groups excluding carboxylic acids is 3. The van der Waals surface area contributed by atoms with E-state index >= 15 is 0 Å². The SMILES string of the molecule is CC(=O)c1nn(CC(=O)N2[C@H](C)[C@H]3C=CCCc4nnc(o4)Cc4ccc(Br)nc4NC(=O)[C@@H]2C3)c2cnc(-c3cnc(C)nc3)cc12. The van der Waals surface area contributed by atoms with E-state index in [0.717, 1.165) is 0 Å². The van der Waals surface area contributed by atoms with Gasteiger partial charge in [-0.1, -0.05) is 18.2 Å². The first-order valence-electron chi connectivity index (χ1n) is 15.6. The van der Waals surface area contributed by atoms with Crippen molar-refractivity contribution in [2.45, 2.75) is 65.1 Å². The largest absolute Gasteiger partial charge is 0.425 e. The van der Waals surface area contributed by atoms with Crippen molar-refractivity contribution in [3.05, 3.63) is 82.4 Å². The number of pyridine rings is 2. The number of aryl methyl sites for hydroxylation is 2. The standard InChI is InChI=1S/C33H31BrN10O4/c1-17-20-6-4-5-7-28-40-41-29(48-28)11-21-8-9-27(34)38-32(21)39-33(47)25(10-20)44(17)30(46)16-43-26-15-37-24(22-13-35-19(3)36-14-22)12-23(26)31(42-43)18(2)45/h4,6,8-9,12-15,17,20,25H,5,7,10-11,16H2,1-3H3,(H,38,39,47)/t17-,20+,25+/m1/s1. The summed E-state index contributed by atoms with van der Waals surface area (Å²) < 4.78 is 7.87. The molecule has 1 N–H and O–H groups in total. The first kappa shape index (κ1) is 31.4. The fourth-order valence-corrected chi connectivity index (χ4v) is 6.60. The average Bonchev–Trinajstić information content (AvgIpc) is 3.76. The molecule has 15 heteroatoms. The van der Waals surface area contributed by atoms with Crippen molar-refractivity contribution in [2.75, 3.05) is 5.32 Å². The van der Waals surface area contributed by atoms with Crippen LogP contribution in [0.3, 0.4) is 0 Å². The molecule has 5 aromatic heterocycles. The summed E-state index contributed by atoms with van der Waals surface area (Å²) in [5.74, 6) is 0.902. The summed E-state index contributed by atoms with van der Waals surface area (Å²) >= 11 is 3.40. The minimum absolute atomic E-state index is 0.0916. The van der Waals surface area contributed by atoms with E-state index in [1.807, 2.05) is 19.1 Å². The van der Waals surface area contributed by atoms with Gasteiger partial charge in [0.05, 0.1) is 23.8 Å². The van der Waals surface area contributed by atoms with Gasteiger partial charge in [-0.3, -0.25) is 24.0 Å². The van der Waals surface area contributed by atoms with Gasteiger partial charge < -0.3 is 14.6 Å². The number of carbonyl (C=O) groups is 3. The van der Waals surface area contributed by atoms with Gasteiger partial charge in [-0.15, -0.1) is 10.2 Å². The zero-order valence-corrected chi connectivity index (χ0v) is 28.0. The molecule has 14 nitrogen and oxygen atoms in total. The third kappa shape index (κ3) is 6.12. The Hall–Kier alpha value is -5.18. The van der Waals surface area contributed by atoms with Crippen LogP contribution in [0.25, 0.3) is 22.2 Å². The molecule has 48 heavy (non-hydrogen) atoms. The number of fused-ring (bicyclic) bond motifs is 6. The lowest BCUT2D eigenvalue weighted by Crippen LogP contribution is -2.47. The highest BCUT2D eigenvalue weighted by Gasteiger charge is 2.44. The van der Waals surface area contributed by atoms with Crippen molar-refractivity contribution in [3.8, 4) is 11.3 Å². The number of nitrogens with one attached hydrogen (secondary N) is 1. The van der Waals surface area contributed by atoms with Crippen LogP contribution in [0.2, 0.25) is 0 Å². The van der Waals surface area contributed by atoms with Gasteiger partial charge in [0, 0.05) is 48.3 Å².